The summed E-state index contributed by atoms with van der Waals surface area (Å²) in [6.07, 6.45) is 12.3. The number of benzene rings is 2. The van der Waals surface area contributed by atoms with Crippen LogP contribution in [0.4, 0.5) is 15.3 Å². The largest absolute Gasteiger partial charge is 0.465 e. The average Bonchev–Trinajstić information content (AvgIpc) is 4.16. The molecule has 6 heterocycles. The van der Waals surface area contributed by atoms with Gasteiger partial charge in [-0.2, -0.15) is 0 Å². The van der Waals surface area contributed by atoms with Crippen molar-refractivity contribution in [3.05, 3.63) is 83.2 Å². The van der Waals surface area contributed by atoms with Crippen LogP contribution in [0.3, 0.4) is 0 Å². The average molecular weight is 887 g/mol. The van der Waals surface area contributed by atoms with E-state index < -0.39 is 18.2 Å². The second-order valence-electron chi connectivity index (χ2n) is 19.6. The molecule has 5 aromatic rings. The highest BCUT2D eigenvalue weighted by Gasteiger charge is 2.39. The molecule has 3 saturated heterocycles. The maximum Gasteiger partial charge on any atom is 0.407 e. The first-order valence-corrected chi connectivity index (χ1v) is 24.1. The number of aromatic nitrogens is 5. The van der Waals surface area contributed by atoms with Crippen molar-refractivity contribution in [1.29, 1.82) is 0 Å². The molecule has 15 heteroatoms. The molecule has 5 N–H and O–H groups in total. The Bertz CT molecular complexity index is 2480. The zero-order valence-electron chi connectivity index (χ0n) is 38.6. The summed E-state index contributed by atoms with van der Waals surface area (Å²) < 4.78 is 4.84. The number of fused-ring (bicyclic) bond motifs is 2. The Balaban J connectivity index is 1.00. The predicted octanol–water partition coefficient (Wildman–Crippen LogP) is 9.44. The molecule has 3 amide bonds. The lowest BCUT2D eigenvalue weighted by Crippen LogP contribution is -2.51. The fourth-order valence-corrected chi connectivity index (χ4v) is 11.2. The fourth-order valence-electron chi connectivity index (χ4n) is 11.2. The van der Waals surface area contributed by atoms with E-state index in [4.69, 9.17) is 19.7 Å². The molecule has 4 aliphatic rings. The van der Waals surface area contributed by atoms with Gasteiger partial charge in [-0.1, -0.05) is 59.1 Å². The number of ether oxygens (including phenoxy) is 1. The molecule has 9 rings (SSSR count). The summed E-state index contributed by atoms with van der Waals surface area (Å²) in [7, 11) is 1.31. The molecule has 65 heavy (non-hydrogen) atoms. The van der Waals surface area contributed by atoms with E-state index in [1.54, 1.807) is 0 Å². The lowest BCUT2D eigenvalue weighted by Gasteiger charge is -2.33. The van der Waals surface area contributed by atoms with Crippen LogP contribution < -0.4 is 15.5 Å². The summed E-state index contributed by atoms with van der Waals surface area (Å²) in [5.74, 6) is 2.15. The quantitative estimate of drug-likeness (QED) is 0.0763. The van der Waals surface area contributed by atoms with Crippen LogP contribution in [0, 0.1) is 11.8 Å². The number of carbonyl (C=O) groups excluding carboxylic acids is 2. The van der Waals surface area contributed by atoms with Gasteiger partial charge in [0, 0.05) is 30.7 Å². The first kappa shape index (κ1) is 44.5. The molecule has 6 atom stereocenters. The van der Waals surface area contributed by atoms with Gasteiger partial charge in [0.1, 0.15) is 17.7 Å². The third-order valence-electron chi connectivity index (χ3n) is 14.8. The number of alkyl carbamates (subject to hydrolysis) is 1. The van der Waals surface area contributed by atoms with Crippen molar-refractivity contribution in [2.75, 3.05) is 31.6 Å². The number of anilines is 1. The molecule has 3 aromatic heterocycles. The summed E-state index contributed by atoms with van der Waals surface area (Å²) in [6, 6.07) is 16.9. The predicted molar refractivity (Wildman–Crippen MR) is 251 cm³/mol. The number of aromatic amines is 2. The van der Waals surface area contributed by atoms with E-state index in [0.717, 1.165) is 84.5 Å². The van der Waals surface area contributed by atoms with Crippen LogP contribution in [0.25, 0.3) is 22.1 Å². The first-order chi connectivity index (χ1) is 31.4. The third-order valence-corrected chi connectivity index (χ3v) is 14.8. The summed E-state index contributed by atoms with van der Waals surface area (Å²) in [5, 5.41) is 15.0. The van der Waals surface area contributed by atoms with Gasteiger partial charge in [0.05, 0.1) is 65.2 Å². The standard InChI is InChI=1S/C50H66N10O5/c1-29(2)40(56-49(62)63)28-58-23-9-13-43(58)46-52-36-18-15-32(25-38(36)54-46)41-21-22-42(60(41)34-17-20-35(51-27-34)31-11-7-6-8-12-31)33-16-19-37-39(26-33)55-47(53-37)44-14-10-24-59(44)48(61)45(30(3)4)57-50(64)65-5/h15-20,25-27,29-31,40-45,56H,6-14,21-24,28H2,1-5H3,(H,52,54)(H,53,55)(H,57,64)(H,62,63)/t40-,41-,42-,43+,44+,45+/m1/s1. The lowest BCUT2D eigenvalue weighted by molar-refractivity contribution is -0.135. The number of methoxy groups -OCH3 is 1. The zero-order valence-corrected chi connectivity index (χ0v) is 38.6. The lowest BCUT2D eigenvalue weighted by atomic mass is 9.87. The highest BCUT2D eigenvalue weighted by atomic mass is 16.5. The number of pyridine rings is 1. The number of hydrogen-bond acceptors (Lipinski definition) is 9. The Kier molecular flexibility index (Phi) is 13.0. The molecule has 346 valence electrons. The summed E-state index contributed by atoms with van der Waals surface area (Å²) in [6.45, 7) is 10.1. The summed E-state index contributed by atoms with van der Waals surface area (Å²) in [4.78, 5) is 67.1. The Labute approximate surface area is 381 Å². The maximum absolute atomic E-state index is 13.9. The number of nitrogens with one attached hydrogen (secondary N) is 4. The SMILES string of the molecule is COC(=O)N[C@H](C(=O)N1CCC[C@H]1c1nc2ccc([C@H]3CC[C@H](c4ccc5nc([C@@H]6CCCN6C[C@@H](NC(=O)O)C(C)C)[nH]c5c4)N3c3ccc(C4CCCCC4)nc3)cc2[nH]1)C(C)C. The summed E-state index contributed by atoms with van der Waals surface area (Å²) >= 11 is 0. The van der Waals surface area contributed by atoms with Crippen molar-refractivity contribution in [1.82, 2.24) is 45.4 Å². The maximum atomic E-state index is 13.9. The minimum Gasteiger partial charge on any atom is -0.465 e. The number of rotatable bonds is 13. The fraction of sp³-hybridized carbons (Fsp3) is 0.560. The minimum atomic E-state index is -0.986. The number of H-pyrrole nitrogens is 2. The second kappa shape index (κ2) is 19.0. The number of carbonyl (C=O) groups is 3. The Morgan fingerprint density at radius 3 is 1.95 bits per heavy atom. The van der Waals surface area contributed by atoms with Gasteiger partial charge in [0.25, 0.3) is 0 Å². The van der Waals surface area contributed by atoms with E-state index in [-0.39, 0.29) is 48.0 Å². The summed E-state index contributed by atoms with van der Waals surface area (Å²) in [5.41, 5.74) is 8.44. The topological polar surface area (TPSA) is 185 Å². The van der Waals surface area contributed by atoms with Gasteiger partial charge >= 0.3 is 12.2 Å². The van der Waals surface area contributed by atoms with Gasteiger partial charge in [-0.15, -0.1) is 0 Å². The van der Waals surface area contributed by atoms with Crippen LogP contribution in [0.1, 0.15) is 157 Å². The van der Waals surface area contributed by atoms with Crippen molar-refractivity contribution in [2.45, 2.75) is 140 Å². The van der Waals surface area contributed by atoms with E-state index in [9.17, 15) is 19.5 Å². The molecule has 4 fully saturated rings. The number of carboxylic acid groups (broad SMARTS) is 1. The van der Waals surface area contributed by atoms with Crippen molar-refractivity contribution in [3.63, 3.8) is 0 Å². The van der Waals surface area contributed by atoms with E-state index in [0.29, 0.717) is 19.0 Å². The molecule has 0 radical (unpaired) electrons. The van der Waals surface area contributed by atoms with Crippen LogP contribution in [-0.4, -0.2) is 96.7 Å². The van der Waals surface area contributed by atoms with Crippen molar-refractivity contribution in [2.24, 2.45) is 11.8 Å². The van der Waals surface area contributed by atoms with Crippen molar-refractivity contribution in [3.8, 4) is 0 Å². The smallest absolute Gasteiger partial charge is 0.407 e. The number of amides is 3. The van der Waals surface area contributed by atoms with Crippen LogP contribution in [0.2, 0.25) is 0 Å². The van der Waals surface area contributed by atoms with Gasteiger partial charge in [-0.05, 0) is 117 Å². The number of nitrogens with zero attached hydrogens (tertiary/aromatic N) is 6. The second-order valence-corrected chi connectivity index (χ2v) is 19.6. The van der Waals surface area contributed by atoms with E-state index >= 15 is 0 Å². The normalized spacial score (nSPS) is 22.9. The Morgan fingerprint density at radius 2 is 1.37 bits per heavy atom. The third kappa shape index (κ3) is 9.26. The van der Waals surface area contributed by atoms with Gasteiger partial charge in [0.2, 0.25) is 5.91 Å². The molecular formula is C50H66N10O5. The van der Waals surface area contributed by atoms with Crippen LogP contribution >= 0.6 is 0 Å². The van der Waals surface area contributed by atoms with Gasteiger partial charge in [-0.3, -0.25) is 14.7 Å². The van der Waals surface area contributed by atoms with Gasteiger partial charge in [0.15, 0.2) is 0 Å². The van der Waals surface area contributed by atoms with Crippen LogP contribution in [0.15, 0.2) is 54.7 Å². The molecule has 1 saturated carbocycles. The van der Waals surface area contributed by atoms with Gasteiger partial charge < -0.3 is 40.2 Å². The van der Waals surface area contributed by atoms with Crippen LogP contribution in [0.5, 0.6) is 0 Å². The highest BCUT2D eigenvalue weighted by molar-refractivity contribution is 5.86. The molecule has 0 unspecified atom stereocenters. The molecule has 0 spiro atoms. The van der Waals surface area contributed by atoms with Crippen molar-refractivity contribution < 1.29 is 24.2 Å². The zero-order chi connectivity index (χ0) is 45.4. The molecule has 15 nitrogen and oxygen atoms in total. The van der Waals surface area contributed by atoms with Crippen LogP contribution in [-0.2, 0) is 9.53 Å². The molecule has 1 aliphatic carbocycles. The minimum absolute atomic E-state index is 0.0765. The molecule has 2 aromatic carbocycles. The molecule has 0 bridgehead atoms. The number of hydrogen-bond donors (Lipinski definition) is 5. The van der Waals surface area contributed by atoms with Crippen molar-refractivity contribution >= 4 is 45.8 Å². The van der Waals surface area contributed by atoms with E-state index in [2.05, 4.69) is 99.0 Å². The van der Waals surface area contributed by atoms with E-state index in [1.807, 2.05) is 18.7 Å². The molecule has 3 aliphatic heterocycles. The number of imidazole rings is 2. The Hall–Kier alpha value is -5.70. The van der Waals surface area contributed by atoms with Gasteiger partial charge in [-0.25, -0.2) is 19.6 Å². The molecular weight excluding hydrogens is 821 g/mol. The first-order valence-electron chi connectivity index (χ1n) is 24.1. The van der Waals surface area contributed by atoms with E-state index in [1.165, 1.54) is 56.0 Å². The highest BCUT2D eigenvalue weighted by Crippen LogP contribution is 2.48. The number of likely N-dealkylation sites (tertiary alicyclic amines) is 2. The monoisotopic (exact) mass is 887 g/mol. The Morgan fingerprint density at radius 1 is 0.738 bits per heavy atom.